The van der Waals surface area contributed by atoms with E-state index in [4.69, 9.17) is 4.74 Å². The van der Waals surface area contributed by atoms with Crippen LogP contribution in [0.3, 0.4) is 0 Å². The van der Waals surface area contributed by atoms with E-state index in [9.17, 15) is 0 Å². The van der Waals surface area contributed by atoms with Gasteiger partial charge in [0, 0.05) is 24.0 Å². The molecule has 1 aromatic heterocycles. The van der Waals surface area contributed by atoms with Crippen LogP contribution >= 0.6 is 27.3 Å². The molecule has 3 rings (SSSR count). The van der Waals surface area contributed by atoms with Crippen LogP contribution in [0.2, 0.25) is 0 Å². The number of nitrogens with zero attached hydrogens (tertiary/aromatic N) is 1. The molecule has 1 aromatic rings. The summed E-state index contributed by atoms with van der Waals surface area (Å²) in [4.78, 5) is 4.07. The van der Waals surface area contributed by atoms with E-state index in [1.807, 2.05) is 11.3 Å². The molecule has 2 atom stereocenters. The van der Waals surface area contributed by atoms with Crippen LogP contribution in [0.25, 0.3) is 0 Å². The Balaban J connectivity index is 1.69. The van der Waals surface area contributed by atoms with Crippen molar-refractivity contribution in [3.8, 4) is 0 Å². The summed E-state index contributed by atoms with van der Waals surface area (Å²) in [7, 11) is 0. The van der Waals surface area contributed by atoms with Crippen molar-refractivity contribution in [2.45, 2.75) is 38.0 Å². The smallest absolute Gasteiger partial charge is 0.0731 e. The number of hydrogen-bond acceptors (Lipinski definition) is 3. The molecule has 2 fully saturated rings. The molecular weight excluding hydrogens is 286 g/mol. The van der Waals surface area contributed by atoms with Crippen LogP contribution in [-0.4, -0.2) is 30.2 Å². The van der Waals surface area contributed by atoms with Gasteiger partial charge in [-0.05, 0) is 47.3 Å². The summed E-state index contributed by atoms with van der Waals surface area (Å²) in [6.45, 7) is 3.10. The number of halogens is 1. The second-order valence-electron chi connectivity index (χ2n) is 4.58. The van der Waals surface area contributed by atoms with E-state index in [0.717, 1.165) is 19.7 Å². The Morgan fingerprint density at radius 1 is 1.44 bits per heavy atom. The maximum atomic E-state index is 5.83. The van der Waals surface area contributed by atoms with Gasteiger partial charge in [-0.1, -0.05) is 0 Å². The fourth-order valence-corrected chi connectivity index (χ4v) is 4.35. The molecule has 2 nitrogen and oxygen atoms in total. The number of thiophene rings is 1. The van der Waals surface area contributed by atoms with E-state index in [0.29, 0.717) is 12.1 Å². The largest absolute Gasteiger partial charge is 0.375 e. The Bertz CT molecular complexity index is 368. The van der Waals surface area contributed by atoms with Gasteiger partial charge in [0.25, 0.3) is 0 Å². The van der Waals surface area contributed by atoms with Gasteiger partial charge in [-0.2, -0.15) is 0 Å². The third-order valence-corrected chi connectivity index (χ3v) is 5.19. The Morgan fingerprint density at radius 2 is 2.38 bits per heavy atom. The molecule has 0 spiro atoms. The Kier molecular flexibility index (Phi) is 3.34. The molecule has 1 aliphatic carbocycles. The van der Waals surface area contributed by atoms with Gasteiger partial charge in [0.2, 0.25) is 0 Å². The van der Waals surface area contributed by atoms with Crippen LogP contribution in [0.15, 0.2) is 15.9 Å². The van der Waals surface area contributed by atoms with Crippen molar-refractivity contribution in [2.75, 3.05) is 13.2 Å². The summed E-state index contributed by atoms with van der Waals surface area (Å²) in [5.74, 6) is 0. The zero-order valence-electron chi connectivity index (χ0n) is 9.19. The molecule has 1 saturated carbocycles. The molecule has 0 bridgehead atoms. The first-order chi connectivity index (χ1) is 7.83. The van der Waals surface area contributed by atoms with Gasteiger partial charge in [0.1, 0.15) is 0 Å². The summed E-state index contributed by atoms with van der Waals surface area (Å²) in [5, 5.41) is 0. The molecule has 4 heteroatoms. The van der Waals surface area contributed by atoms with Crippen LogP contribution in [0.5, 0.6) is 0 Å². The summed E-state index contributed by atoms with van der Waals surface area (Å²) in [6.07, 6.45) is 4.42. The van der Waals surface area contributed by atoms with Gasteiger partial charge < -0.3 is 4.74 Å². The van der Waals surface area contributed by atoms with Gasteiger partial charge in [0.05, 0.1) is 16.5 Å². The van der Waals surface area contributed by atoms with Crippen molar-refractivity contribution in [1.82, 2.24) is 4.90 Å². The third kappa shape index (κ3) is 2.21. The predicted octanol–water partition coefficient (Wildman–Crippen LogP) is 3.26. The molecule has 2 heterocycles. The zero-order chi connectivity index (χ0) is 11.0. The molecular formula is C12H16BrNOS. The highest BCUT2D eigenvalue weighted by molar-refractivity contribution is 9.11. The summed E-state index contributed by atoms with van der Waals surface area (Å²) in [5.41, 5.74) is 0. The zero-order valence-corrected chi connectivity index (χ0v) is 11.6. The van der Waals surface area contributed by atoms with Crippen LogP contribution in [0.1, 0.15) is 24.1 Å². The van der Waals surface area contributed by atoms with Crippen molar-refractivity contribution in [1.29, 1.82) is 0 Å². The SMILES string of the molecule is Brc1ccc(CN2CCOC3CCCC32)s1. The standard InChI is InChI=1S/C12H16BrNOS/c13-12-5-4-9(16-12)8-14-6-7-15-11-3-1-2-10(11)14/h4-5,10-11H,1-3,6-8H2. The van der Waals surface area contributed by atoms with E-state index in [-0.39, 0.29) is 0 Å². The average molecular weight is 302 g/mol. The highest BCUT2D eigenvalue weighted by atomic mass is 79.9. The number of fused-ring (bicyclic) bond motifs is 1. The van der Waals surface area contributed by atoms with Crippen molar-refractivity contribution in [3.63, 3.8) is 0 Å². The minimum Gasteiger partial charge on any atom is -0.375 e. The minimum absolute atomic E-state index is 0.511. The molecule has 0 N–H and O–H groups in total. The van der Waals surface area contributed by atoms with Gasteiger partial charge in [-0.15, -0.1) is 11.3 Å². The molecule has 0 radical (unpaired) electrons. The van der Waals surface area contributed by atoms with Crippen molar-refractivity contribution in [2.24, 2.45) is 0 Å². The lowest BCUT2D eigenvalue weighted by Crippen LogP contribution is -2.47. The van der Waals surface area contributed by atoms with Crippen LogP contribution in [0, 0.1) is 0 Å². The highest BCUT2D eigenvalue weighted by Gasteiger charge is 2.35. The van der Waals surface area contributed by atoms with E-state index in [2.05, 4.69) is 33.0 Å². The summed E-state index contributed by atoms with van der Waals surface area (Å²) >= 11 is 5.38. The first-order valence-electron chi connectivity index (χ1n) is 5.93. The number of morpholine rings is 1. The fourth-order valence-electron chi connectivity index (χ4n) is 2.84. The molecule has 0 aromatic carbocycles. The summed E-state index contributed by atoms with van der Waals surface area (Å²) in [6, 6.07) is 5.05. The number of hydrogen-bond donors (Lipinski definition) is 0. The second kappa shape index (κ2) is 4.77. The molecule has 1 saturated heterocycles. The number of ether oxygens (including phenoxy) is 1. The fraction of sp³-hybridized carbons (Fsp3) is 0.667. The van der Waals surface area contributed by atoms with Crippen LogP contribution in [0.4, 0.5) is 0 Å². The Morgan fingerprint density at radius 3 is 3.19 bits per heavy atom. The molecule has 2 aliphatic rings. The molecule has 16 heavy (non-hydrogen) atoms. The monoisotopic (exact) mass is 301 g/mol. The first kappa shape index (κ1) is 11.2. The lowest BCUT2D eigenvalue weighted by Gasteiger charge is -2.37. The van der Waals surface area contributed by atoms with Gasteiger partial charge in [-0.3, -0.25) is 4.90 Å². The van der Waals surface area contributed by atoms with Crippen LogP contribution < -0.4 is 0 Å². The quantitative estimate of drug-likeness (QED) is 0.831. The van der Waals surface area contributed by atoms with Crippen molar-refractivity contribution in [3.05, 3.63) is 20.8 Å². The van der Waals surface area contributed by atoms with E-state index in [1.165, 1.54) is 27.9 Å². The topological polar surface area (TPSA) is 12.5 Å². The maximum absolute atomic E-state index is 5.83. The lowest BCUT2D eigenvalue weighted by molar-refractivity contribution is -0.0584. The minimum atomic E-state index is 0.511. The Hall–Kier alpha value is 0.1000. The van der Waals surface area contributed by atoms with Gasteiger partial charge >= 0.3 is 0 Å². The Labute approximate surface area is 109 Å². The molecule has 0 amide bonds. The normalized spacial score (nSPS) is 30.6. The summed E-state index contributed by atoms with van der Waals surface area (Å²) < 4.78 is 7.06. The second-order valence-corrected chi connectivity index (χ2v) is 7.13. The molecule has 2 unspecified atom stereocenters. The van der Waals surface area contributed by atoms with Crippen LogP contribution in [-0.2, 0) is 11.3 Å². The predicted molar refractivity (Wildman–Crippen MR) is 69.8 cm³/mol. The highest BCUT2D eigenvalue weighted by Crippen LogP contribution is 2.32. The number of rotatable bonds is 2. The molecule has 88 valence electrons. The average Bonchev–Trinajstić information content (AvgIpc) is 2.87. The van der Waals surface area contributed by atoms with Crippen molar-refractivity contribution >= 4 is 27.3 Å². The van der Waals surface area contributed by atoms with Gasteiger partial charge in [0.15, 0.2) is 0 Å². The third-order valence-electron chi connectivity index (χ3n) is 3.58. The maximum Gasteiger partial charge on any atom is 0.0731 e. The van der Waals surface area contributed by atoms with Crippen molar-refractivity contribution < 1.29 is 4.74 Å². The lowest BCUT2D eigenvalue weighted by atomic mass is 10.1. The van der Waals surface area contributed by atoms with E-state index in [1.54, 1.807) is 0 Å². The van der Waals surface area contributed by atoms with E-state index >= 15 is 0 Å². The van der Waals surface area contributed by atoms with E-state index < -0.39 is 0 Å². The first-order valence-corrected chi connectivity index (χ1v) is 7.54. The van der Waals surface area contributed by atoms with Gasteiger partial charge in [-0.25, -0.2) is 0 Å². The molecule has 1 aliphatic heterocycles.